The van der Waals surface area contributed by atoms with Crippen molar-refractivity contribution in [3.8, 4) is 0 Å². The minimum Gasteiger partial charge on any atom is -0.338 e. The molecule has 0 aliphatic carbocycles. The van der Waals surface area contributed by atoms with Crippen LogP contribution in [0.25, 0.3) is 0 Å². The highest BCUT2D eigenvalue weighted by atomic mass is 19.4. The number of nitrogens with one attached hydrogen (secondary N) is 1. The molecule has 1 aliphatic rings. The van der Waals surface area contributed by atoms with Gasteiger partial charge in [-0.2, -0.15) is 13.2 Å². The lowest BCUT2D eigenvalue weighted by atomic mass is 10.1. The Balaban J connectivity index is 1.57. The molecule has 1 unspecified atom stereocenters. The van der Waals surface area contributed by atoms with Crippen LogP contribution in [-0.4, -0.2) is 53.0 Å². The molecule has 1 saturated heterocycles. The number of anilines is 2. The summed E-state index contributed by atoms with van der Waals surface area (Å²) in [4.78, 5) is 24.9. The van der Waals surface area contributed by atoms with Gasteiger partial charge in [0.2, 0.25) is 11.9 Å². The monoisotopic (exact) mass is 379 g/mol. The Labute approximate surface area is 155 Å². The van der Waals surface area contributed by atoms with Crippen LogP contribution in [0.3, 0.4) is 0 Å². The van der Waals surface area contributed by atoms with E-state index in [2.05, 4.69) is 15.3 Å². The first kappa shape index (κ1) is 19.1. The summed E-state index contributed by atoms with van der Waals surface area (Å²) in [5.41, 5.74) is -0.651. The first-order valence-electron chi connectivity index (χ1n) is 8.59. The maximum atomic E-state index is 12.8. The van der Waals surface area contributed by atoms with E-state index in [1.807, 2.05) is 9.80 Å². The van der Waals surface area contributed by atoms with Crippen molar-refractivity contribution in [2.45, 2.75) is 19.1 Å². The number of halogens is 3. The van der Waals surface area contributed by atoms with Gasteiger partial charge < -0.3 is 10.2 Å². The zero-order valence-corrected chi connectivity index (χ0v) is 14.8. The van der Waals surface area contributed by atoms with Crippen LogP contribution in [0.5, 0.6) is 0 Å². The second-order valence-corrected chi connectivity index (χ2v) is 6.32. The summed E-state index contributed by atoms with van der Waals surface area (Å²) in [7, 11) is 0. The standard InChI is InChI=1S/C18H20F3N5O/c1-13(16(27)24-15-5-2-4-14(12-15)18(19,20)21)25-8-10-26(11-9-25)17-22-6-3-7-23-17/h2-7,12-13H,8-11H2,1H3,(H,24,27). The molecule has 2 heterocycles. The lowest BCUT2D eigenvalue weighted by Crippen LogP contribution is -2.53. The molecule has 0 bridgehead atoms. The Morgan fingerprint density at radius 3 is 2.41 bits per heavy atom. The third-order valence-corrected chi connectivity index (χ3v) is 4.53. The van der Waals surface area contributed by atoms with Gasteiger partial charge >= 0.3 is 6.18 Å². The van der Waals surface area contributed by atoms with E-state index in [9.17, 15) is 18.0 Å². The van der Waals surface area contributed by atoms with E-state index < -0.39 is 17.8 Å². The van der Waals surface area contributed by atoms with Crippen molar-refractivity contribution in [1.29, 1.82) is 0 Å². The normalized spacial score (nSPS) is 16.8. The summed E-state index contributed by atoms with van der Waals surface area (Å²) in [6.45, 7) is 4.36. The second kappa shape index (κ2) is 7.91. The molecule has 0 spiro atoms. The van der Waals surface area contributed by atoms with Crippen molar-refractivity contribution < 1.29 is 18.0 Å². The quantitative estimate of drug-likeness (QED) is 0.885. The average Bonchev–Trinajstić information content (AvgIpc) is 2.68. The highest BCUT2D eigenvalue weighted by Crippen LogP contribution is 2.30. The van der Waals surface area contributed by atoms with E-state index in [1.165, 1.54) is 12.1 Å². The van der Waals surface area contributed by atoms with Crippen LogP contribution >= 0.6 is 0 Å². The van der Waals surface area contributed by atoms with Crippen molar-refractivity contribution in [3.63, 3.8) is 0 Å². The molecule has 1 atom stereocenters. The third-order valence-electron chi connectivity index (χ3n) is 4.53. The highest BCUT2D eigenvalue weighted by Gasteiger charge is 2.31. The fourth-order valence-electron chi connectivity index (χ4n) is 2.95. The minimum absolute atomic E-state index is 0.137. The molecule has 1 aromatic carbocycles. The zero-order chi connectivity index (χ0) is 19.4. The van der Waals surface area contributed by atoms with Gasteiger partial charge in [0.15, 0.2) is 0 Å². The van der Waals surface area contributed by atoms with Crippen LogP contribution < -0.4 is 10.2 Å². The number of piperazine rings is 1. The lowest BCUT2D eigenvalue weighted by Gasteiger charge is -2.37. The number of carbonyl (C=O) groups is 1. The first-order valence-corrected chi connectivity index (χ1v) is 8.59. The molecule has 0 radical (unpaired) electrons. The predicted molar refractivity (Wildman–Crippen MR) is 95.4 cm³/mol. The van der Waals surface area contributed by atoms with Crippen molar-refractivity contribution in [2.24, 2.45) is 0 Å². The number of alkyl halides is 3. The number of nitrogens with zero attached hydrogens (tertiary/aromatic N) is 4. The van der Waals surface area contributed by atoms with Crippen LogP contribution in [0.1, 0.15) is 12.5 Å². The minimum atomic E-state index is -4.44. The molecule has 3 rings (SSSR count). The smallest absolute Gasteiger partial charge is 0.338 e. The first-order chi connectivity index (χ1) is 12.8. The number of benzene rings is 1. The lowest BCUT2D eigenvalue weighted by molar-refractivity contribution is -0.137. The summed E-state index contributed by atoms with van der Waals surface area (Å²) >= 11 is 0. The largest absolute Gasteiger partial charge is 0.416 e. The summed E-state index contributed by atoms with van der Waals surface area (Å²) in [5, 5.41) is 2.58. The van der Waals surface area contributed by atoms with Gasteiger partial charge in [-0.25, -0.2) is 9.97 Å². The maximum absolute atomic E-state index is 12.8. The number of rotatable bonds is 4. The number of aromatic nitrogens is 2. The van der Waals surface area contributed by atoms with E-state index in [-0.39, 0.29) is 11.6 Å². The summed E-state index contributed by atoms with van der Waals surface area (Å²) in [6.07, 6.45) is -1.08. The number of hydrogen-bond donors (Lipinski definition) is 1. The van der Waals surface area contributed by atoms with E-state index in [4.69, 9.17) is 0 Å². The predicted octanol–water partition coefficient (Wildman–Crippen LogP) is 2.64. The van der Waals surface area contributed by atoms with Crippen molar-refractivity contribution in [1.82, 2.24) is 14.9 Å². The molecule has 2 aromatic rings. The molecule has 144 valence electrons. The Bertz CT molecular complexity index is 776. The Morgan fingerprint density at radius 2 is 1.78 bits per heavy atom. The van der Waals surface area contributed by atoms with Gasteiger partial charge in [0.1, 0.15) is 0 Å². The van der Waals surface area contributed by atoms with Crippen molar-refractivity contribution in [2.75, 3.05) is 36.4 Å². The van der Waals surface area contributed by atoms with Crippen LogP contribution in [0.15, 0.2) is 42.7 Å². The van der Waals surface area contributed by atoms with Crippen LogP contribution in [-0.2, 0) is 11.0 Å². The number of amides is 1. The van der Waals surface area contributed by atoms with E-state index >= 15 is 0 Å². The van der Waals surface area contributed by atoms with Crippen LogP contribution in [0.2, 0.25) is 0 Å². The van der Waals surface area contributed by atoms with Gasteiger partial charge in [-0.05, 0) is 31.2 Å². The Morgan fingerprint density at radius 1 is 1.11 bits per heavy atom. The van der Waals surface area contributed by atoms with E-state index in [1.54, 1.807) is 25.4 Å². The molecule has 9 heteroatoms. The Hall–Kier alpha value is -2.68. The van der Waals surface area contributed by atoms with Crippen molar-refractivity contribution >= 4 is 17.5 Å². The second-order valence-electron chi connectivity index (χ2n) is 6.32. The molecule has 1 N–H and O–H groups in total. The third kappa shape index (κ3) is 4.73. The summed E-state index contributed by atoms with van der Waals surface area (Å²) < 4.78 is 38.4. The molecule has 1 fully saturated rings. The topological polar surface area (TPSA) is 61.4 Å². The van der Waals surface area contributed by atoms with Gasteiger partial charge in [0, 0.05) is 44.3 Å². The highest BCUT2D eigenvalue weighted by molar-refractivity contribution is 5.94. The van der Waals surface area contributed by atoms with Gasteiger partial charge in [-0.15, -0.1) is 0 Å². The van der Waals surface area contributed by atoms with Crippen LogP contribution in [0, 0.1) is 0 Å². The Kier molecular flexibility index (Phi) is 5.59. The molecule has 1 aromatic heterocycles. The molecule has 6 nitrogen and oxygen atoms in total. The summed E-state index contributed by atoms with van der Waals surface area (Å²) in [5.74, 6) is 0.317. The molecule has 0 saturated carbocycles. The summed E-state index contributed by atoms with van der Waals surface area (Å²) in [6, 6.07) is 5.93. The molecular weight excluding hydrogens is 359 g/mol. The maximum Gasteiger partial charge on any atom is 0.416 e. The fourth-order valence-corrected chi connectivity index (χ4v) is 2.95. The van der Waals surface area contributed by atoms with Gasteiger partial charge in [0.25, 0.3) is 0 Å². The van der Waals surface area contributed by atoms with Gasteiger partial charge in [0.05, 0.1) is 11.6 Å². The van der Waals surface area contributed by atoms with Gasteiger partial charge in [-0.3, -0.25) is 9.69 Å². The number of hydrogen-bond acceptors (Lipinski definition) is 5. The SMILES string of the molecule is CC(C(=O)Nc1cccc(C(F)(F)F)c1)N1CCN(c2ncccn2)CC1. The van der Waals surface area contributed by atoms with E-state index in [0.717, 1.165) is 12.1 Å². The van der Waals surface area contributed by atoms with Crippen molar-refractivity contribution in [3.05, 3.63) is 48.3 Å². The van der Waals surface area contributed by atoms with Crippen LogP contribution in [0.4, 0.5) is 24.8 Å². The number of carbonyl (C=O) groups excluding carboxylic acids is 1. The molecule has 27 heavy (non-hydrogen) atoms. The molecule has 1 aliphatic heterocycles. The van der Waals surface area contributed by atoms with E-state index in [0.29, 0.717) is 32.1 Å². The van der Waals surface area contributed by atoms with Gasteiger partial charge in [-0.1, -0.05) is 6.07 Å². The molecule has 1 amide bonds. The zero-order valence-electron chi connectivity index (χ0n) is 14.8. The average molecular weight is 379 g/mol. The fraction of sp³-hybridized carbons (Fsp3) is 0.389. The molecular formula is C18H20F3N5O.